The van der Waals surface area contributed by atoms with Gasteiger partial charge in [0.15, 0.2) is 0 Å². The van der Waals surface area contributed by atoms with Crippen LogP contribution in [0.15, 0.2) is 12.3 Å². The number of primary amides is 1. The van der Waals surface area contributed by atoms with E-state index in [4.69, 9.17) is 20.9 Å². The number of nitrogen functional groups attached to an aromatic ring is 1. The molecule has 0 aliphatic heterocycles. The van der Waals surface area contributed by atoms with E-state index >= 15 is 0 Å². The van der Waals surface area contributed by atoms with Gasteiger partial charge < -0.3 is 26.3 Å². The number of rotatable bonds is 9. The second kappa shape index (κ2) is 8.28. The van der Waals surface area contributed by atoms with Crippen LogP contribution in [-0.2, 0) is 9.47 Å². The average molecular weight is 268 g/mol. The summed E-state index contributed by atoms with van der Waals surface area (Å²) in [5, 5.41) is 3.03. The maximum atomic E-state index is 11.2. The molecule has 0 fully saturated rings. The molecule has 5 N–H and O–H groups in total. The number of nitrogens with one attached hydrogen (secondary N) is 1. The smallest absolute Gasteiger partial charge is 0.252 e. The number of nitrogens with two attached hydrogens (primary N) is 2. The molecule has 19 heavy (non-hydrogen) atoms. The lowest BCUT2D eigenvalue weighted by atomic mass is 10.2. The summed E-state index contributed by atoms with van der Waals surface area (Å²) in [7, 11) is 1.63. The Hall–Kier alpha value is -1.86. The van der Waals surface area contributed by atoms with Gasteiger partial charge >= 0.3 is 0 Å². The Labute approximate surface area is 112 Å². The lowest BCUT2D eigenvalue weighted by Crippen LogP contribution is -2.17. The van der Waals surface area contributed by atoms with Crippen LogP contribution in [0.25, 0.3) is 0 Å². The van der Waals surface area contributed by atoms with Crippen molar-refractivity contribution in [2.45, 2.75) is 6.42 Å². The molecule has 0 aliphatic rings. The van der Waals surface area contributed by atoms with Crippen molar-refractivity contribution in [1.29, 1.82) is 0 Å². The van der Waals surface area contributed by atoms with E-state index in [0.29, 0.717) is 43.4 Å². The number of ether oxygens (including phenoxy) is 2. The van der Waals surface area contributed by atoms with Crippen molar-refractivity contribution in [3.05, 3.63) is 17.8 Å². The molecule has 106 valence electrons. The topological polar surface area (TPSA) is 112 Å². The normalized spacial score (nSPS) is 10.4. The van der Waals surface area contributed by atoms with E-state index in [-0.39, 0.29) is 0 Å². The highest BCUT2D eigenvalue weighted by molar-refractivity contribution is 5.98. The van der Waals surface area contributed by atoms with Gasteiger partial charge in [-0.2, -0.15) is 0 Å². The van der Waals surface area contributed by atoms with Crippen molar-refractivity contribution >= 4 is 17.4 Å². The predicted octanol–water partition coefficient (Wildman–Crippen LogP) is 0.228. The molecule has 1 amide bonds. The molecule has 0 aliphatic carbocycles. The van der Waals surface area contributed by atoms with E-state index in [0.717, 1.165) is 6.42 Å². The van der Waals surface area contributed by atoms with Gasteiger partial charge in [0.25, 0.3) is 5.91 Å². The Kier molecular flexibility index (Phi) is 6.62. The number of hydrogen-bond acceptors (Lipinski definition) is 6. The van der Waals surface area contributed by atoms with Gasteiger partial charge in [0, 0.05) is 20.3 Å². The molecule has 1 heterocycles. The molecule has 0 aromatic carbocycles. The third kappa shape index (κ3) is 5.54. The first-order valence-electron chi connectivity index (χ1n) is 6.01. The van der Waals surface area contributed by atoms with Gasteiger partial charge in [-0.15, -0.1) is 0 Å². The van der Waals surface area contributed by atoms with Crippen LogP contribution in [0, 0.1) is 0 Å². The third-order valence-electron chi connectivity index (χ3n) is 2.36. The monoisotopic (exact) mass is 268 g/mol. The number of anilines is 2. The first kappa shape index (κ1) is 15.2. The van der Waals surface area contributed by atoms with Gasteiger partial charge in [-0.05, 0) is 12.5 Å². The summed E-state index contributed by atoms with van der Waals surface area (Å²) >= 11 is 0. The lowest BCUT2D eigenvalue weighted by Gasteiger charge is -2.09. The summed E-state index contributed by atoms with van der Waals surface area (Å²) in [4.78, 5) is 15.3. The molecule has 0 radical (unpaired) electrons. The van der Waals surface area contributed by atoms with E-state index in [1.54, 1.807) is 7.11 Å². The fourth-order valence-corrected chi connectivity index (χ4v) is 1.43. The van der Waals surface area contributed by atoms with Crippen molar-refractivity contribution in [2.24, 2.45) is 5.73 Å². The van der Waals surface area contributed by atoms with Crippen molar-refractivity contribution in [3.63, 3.8) is 0 Å². The van der Waals surface area contributed by atoms with Gasteiger partial charge in [0.05, 0.1) is 30.7 Å². The molecular weight excluding hydrogens is 248 g/mol. The molecule has 0 unspecified atom stereocenters. The second-order valence-corrected chi connectivity index (χ2v) is 3.91. The molecule has 0 bridgehead atoms. The highest BCUT2D eigenvalue weighted by Gasteiger charge is 2.09. The fraction of sp³-hybridized carbons (Fsp3) is 0.500. The highest BCUT2D eigenvalue weighted by Crippen LogP contribution is 2.14. The van der Waals surface area contributed by atoms with Gasteiger partial charge in [0.2, 0.25) is 0 Å². The Balaban J connectivity index is 2.35. The van der Waals surface area contributed by atoms with E-state index in [1.807, 2.05) is 0 Å². The standard InChI is InChI=1S/C12H20N4O3/c1-18-5-6-19-4-2-3-15-12-10(11(14)17)7-9(13)8-16-12/h7-8H,2-6,13H2,1H3,(H2,14,17)(H,15,16). The minimum absolute atomic E-state index is 0.292. The molecular formula is C12H20N4O3. The molecule has 0 spiro atoms. The molecule has 1 aromatic rings. The van der Waals surface area contributed by atoms with Crippen LogP contribution in [0.5, 0.6) is 0 Å². The Bertz CT molecular complexity index is 412. The number of methoxy groups -OCH3 is 1. The number of carbonyl (C=O) groups excluding carboxylic acids is 1. The van der Waals surface area contributed by atoms with Crippen molar-refractivity contribution in [1.82, 2.24) is 4.98 Å². The molecule has 7 heteroatoms. The highest BCUT2D eigenvalue weighted by atomic mass is 16.5. The largest absolute Gasteiger partial charge is 0.397 e. The maximum Gasteiger partial charge on any atom is 0.252 e. The summed E-state index contributed by atoms with van der Waals surface area (Å²) < 4.78 is 10.2. The van der Waals surface area contributed by atoms with Gasteiger partial charge in [-0.3, -0.25) is 4.79 Å². The van der Waals surface area contributed by atoms with Gasteiger partial charge in [-0.25, -0.2) is 4.98 Å². The SMILES string of the molecule is COCCOCCCNc1ncc(N)cc1C(N)=O. The van der Waals surface area contributed by atoms with Crippen LogP contribution in [0.2, 0.25) is 0 Å². The van der Waals surface area contributed by atoms with Crippen molar-refractivity contribution < 1.29 is 14.3 Å². The number of hydrogen-bond donors (Lipinski definition) is 3. The minimum atomic E-state index is -0.557. The summed E-state index contributed by atoms with van der Waals surface area (Å²) in [6.45, 7) is 2.39. The quantitative estimate of drug-likeness (QED) is 0.552. The zero-order valence-corrected chi connectivity index (χ0v) is 11.0. The zero-order valence-electron chi connectivity index (χ0n) is 11.0. The molecule has 0 saturated carbocycles. The van der Waals surface area contributed by atoms with Gasteiger partial charge in [0.1, 0.15) is 5.82 Å². The van der Waals surface area contributed by atoms with E-state index < -0.39 is 5.91 Å². The van der Waals surface area contributed by atoms with Crippen LogP contribution in [0.1, 0.15) is 16.8 Å². The average Bonchev–Trinajstić information content (AvgIpc) is 2.39. The lowest BCUT2D eigenvalue weighted by molar-refractivity contribution is 0.0705. The van der Waals surface area contributed by atoms with Crippen molar-refractivity contribution in [2.75, 3.05) is 44.5 Å². The zero-order chi connectivity index (χ0) is 14.1. The first-order chi connectivity index (χ1) is 9.15. The maximum absolute atomic E-state index is 11.2. The number of aromatic nitrogens is 1. The molecule has 0 saturated heterocycles. The Morgan fingerprint density at radius 1 is 1.42 bits per heavy atom. The summed E-state index contributed by atoms with van der Waals surface area (Å²) in [5.41, 5.74) is 11.5. The number of nitrogens with zero attached hydrogens (tertiary/aromatic N) is 1. The second-order valence-electron chi connectivity index (χ2n) is 3.91. The van der Waals surface area contributed by atoms with Crippen LogP contribution in [0.4, 0.5) is 11.5 Å². The molecule has 0 atom stereocenters. The Morgan fingerprint density at radius 3 is 2.89 bits per heavy atom. The predicted molar refractivity (Wildman–Crippen MR) is 73.0 cm³/mol. The first-order valence-corrected chi connectivity index (χ1v) is 6.01. The van der Waals surface area contributed by atoms with E-state index in [2.05, 4.69) is 10.3 Å². The van der Waals surface area contributed by atoms with E-state index in [1.165, 1.54) is 12.3 Å². The van der Waals surface area contributed by atoms with E-state index in [9.17, 15) is 4.79 Å². The number of pyridine rings is 1. The van der Waals surface area contributed by atoms with Crippen LogP contribution < -0.4 is 16.8 Å². The van der Waals surface area contributed by atoms with Crippen LogP contribution in [-0.4, -0.2) is 44.4 Å². The molecule has 1 rings (SSSR count). The molecule has 7 nitrogen and oxygen atoms in total. The number of carbonyl (C=O) groups is 1. The van der Waals surface area contributed by atoms with Crippen molar-refractivity contribution in [3.8, 4) is 0 Å². The number of amides is 1. The minimum Gasteiger partial charge on any atom is -0.397 e. The van der Waals surface area contributed by atoms with Crippen LogP contribution >= 0.6 is 0 Å². The molecule has 1 aromatic heterocycles. The fourth-order valence-electron chi connectivity index (χ4n) is 1.43. The van der Waals surface area contributed by atoms with Gasteiger partial charge in [-0.1, -0.05) is 0 Å². The Morgan fingerprint density at radius 2 is 2.21 bits per heavy atom. The third-order valence-corrected chi connectivity index (χ3v) is 2.36. The summed E-state index contributed by atoms with van der Waals surface area (Å²) in [6.07, 6.45) is 2.26. The summed E-state index contributed by atoms with van der Waals surface area (Å²) in [6, 6.07) is 1.51. The van der Waals surface area contributed by atoms with Crippen LogP contribution in [0.3, 0.4) is 0 Å². The summed E-state index contributed by atoms with van der Waals surface area (Å²) in [5.74, 6) is -0.114.